The third kappa shape index (κ3) is 2.88. The van der Waals surface area contributed by atoms with Crippen LogP contribution in [0.15, 0.2) is 36.4 Å². The molecule has 0 radical (unpaired) electrons. The van der Waals surface area contributed by atoms with Crippen molar-refractivity contribution in [1.29, 1.82) is 0 Å². The molecule has 0 bridgehead atoms. The Morgan fingerprint density at radius 2 is 2.05 bits per heavy atom. The third-order valence-corrected chi connectivity index (χ3v) is 3.09. The standard InChI is InChI=1S/C15H15FN2O2/c1-9-12(16)6-11(15(17)20)7-13(9)18-8-10-4-2-3-5-14(10)19/h2-7,18-19H,8H2,1H3,(H2,17,20). The average Bonchev–Trinajstić information content (AvgIpc) is 2.41. The lowest BCUT2D eigenvalue weighted by atomic mass is 10.1. The maximum atomic E-state index is 13.7. The topological polar surface area (TPSA) is 75.4 Å². The highest BCUT2D eigenvalue weighted by Crippen LogP contribution is 2.23. The summed E-state index contributed by atoms with van der Waals surface area (Å²) in [5.74, 6) is -1.03. The van der Waals surface area contributed by atoms with Gasteiger partial charge in [-0.2, -0.15) is 0 Å². The van der Waals surface area contributed by atoms with Gasteiger partial charge in [-0.3, -0.25) is 4.79 Å². The number of amides is 1. The van der Waals surface area contributed by atoms with E-state index in [9.17, 15) is 14.3 Å². The van der Waals surface area contributed by atoms with Gasteiger partial charge in [0.05, 0.1) is 0 Å². The van der Waals surface area contributed by atoms with Gasteiger partial charge >= 0.3 is 0 Å². The molecule has 0 saturated carbocycles. The van der Waals surface area contributed by atoms with Gasteiger partial charge in [0, 0.05) is 28.9 Å². The fourth-order valence-corrected chi connectivity index (χ4v) is 1.86. The number of carbonyl (C=O) groups is 1. The zero-order valence-electron chi connectivity index (χ0n) is 11.0. The van der Waals surface area contributed by atoms with Crippen molar-refractivity contribution in [2.45, 2.75) is 13.5 Å². The Hall–Kier alpha value is -2.56. The highest BCUT2D eigenvalue weighted by molar-refractivity contribution is 5.94. The van der Waals surface area contributed by atoms with E-state index in [1.165, 1.54) is 6.07 Å². The van der Waals surface area contributed by atoms with Gasteiger partial charge in [0.15, 0.2) is 0 Å². The fourth-order valence-electron chi connectivity index (χ4n) is 1.86. The summed E-state index contributed by atoms with van der Waals surface area (Å²) in [6, 6.07) is 9.46. The second-order valence-corrected chi connectivity index (χ2v) is 4.48. The van der Waals surface area contributed by atoms with Crippen molar-refractivity contribution < 1.29 is 14.3 Å². The van der Waals surface area contributed by atoms with Gasteiger partial charge in [-0.1, -0.05) is 18.2 Å². The summed E-state index contributed by atoms with van der Waals surface area (Å²) < 4.78 is 13.7. The van der Waals surface area contributed by atoms with E-state index < -0.39 is 11.7 Å². The number of rotatable bonds is 4. The number of benzene rings is 2. The van der Waals surface area contributed by atoms with E-state index in [2.05, 4.69) is 5.32 Å². The van der Waals surface area contributed by atoms with Gasteiger partial charge in [0.2, 0.25) is 5.91 Å². The first-order valence-corrected chi connectivity index (χ1v) is 6.09. The van der Waals surface area contributed by atoms with E-state index in [1.807, 2.05) is 0 Å². The number of nitrogens with two attached hydrogens (primary N) is 1. The van der Waals surface area contributed by atoms with Gasteiger partial charge in [-0.05, 0) is 25.1 Å². The lowest BCUT2D eigenvalue weighted by Gasteiger charge is -2.12. The van der Waals surface area contributed by atoms with Gasteiger partial charge in [0.1, 0.15) is 11.6 Å². The Balaban J connectivity index is 2.25. The van der Waals surface area contributed by atoms with Crippen molar-refractivity contribution in [2.75, 3.05) is 5.32 Å². The van der Waals surface area contributed by atoms with E-state index >= 15 is 0 Å². The van der Waals surface area contributed by atoms with Crippen LogP contribution in [0.2, 0.25) is 0 Å². The first-order valence-electron chi connectivity index (χ1n) is 6.09. The molecule has 0 aliphatic rings. The first kappa shape index (κ1) is 13.9. The zero-order valence-corrected chi connectivity index (χ0v) is 11.0. The number of hydrogen-bond acceptors (Lipinski definition) is 3. The molecule has 0 aliphatic carbocycles. The van der Waals surface area contributed by atoms with Gasteiger partial charge in [-0.25, -0.2) is 4.39 Å². The van der Waals surface area contributed by atoms with E-state index in [0.717, 1.165) is 6.07 Å². The second-order valence-electron chi connectivity index (χ2n) is 4.48. The molecule has 5 heteroatoms. The van der Waals surface area contributed by atoms with Crippen LogP contribution in [-0.4, -0.2) is 11.0 Å². The Kier molecular flexibility index (Phi) is 3.89. The number of phenols is 1. The third-order valence-electron chi connectivity index (χ3n) is 3.09. The highest BCUT2D eigenvalue weighted by Gasteiger charge is 2.10. The number of carbonyl (C=O) groups excluding carboxylic acids is 1. The van der Waals surface area contributed by atoms with Crippen LogP contribution in [0.1, 0.15) is 21.5 Å². The van der Waals surface area contributed by atoms with Crippen molar-refractivity contribution in [1.82, 2.24) is 0 Å². The minimum absolute atomic E-state index is 0.105. The van der Waals surface area contributed by atoms with Crippen LogP contribution in [0.4, 0.5) is 10.1 Å². The number of para-hydroxylation sites is 1. The molecular formula is C15H15FN2O2. The summed E-state index contributed by atoms with van der Waals surface area (Å²) in [6.07, 6.45) is 0. The van der Waals surface area contributed by atoms with Crippen LogP contribution in [0.25, 0.3) is 0 Å². The minimum atomic E-state index is -0.686. The van der Waals surface area contributed by atoms with Gasteiger partial charge in [-0.15, -0.1) is 0 Å². The molecule has 0 atom stereocenters. The van der Waals surface area contributed by atoms with Crippen molar-refractivity contribution in [3.8, 4) is 5.75 Å². The predicted molar refractivity (Wildman–Crippen MR) is 75.1 cm³/mol. The molecule has 0 heterocycles. The van der Waals surface area contributed by atoms with Crippen molar-refractivity contribution in [3.63, 3.8) is 0 Å². The summed E-state index contributed by atoms with van der Waals surface area (Å²) in [5, 5.41) is 12.7. The maximum absolute atomic E-state index is 13.7. The number of halogens is 1. The molecule has 4 N–H and O–H groups in total. The molecular weight excluding hydrogens is 259 g/mol. The van der Waals surface area contributed by atoms with Crippen molar-refractivity contribution in [3.05, 3.63) is 58.9 Å². The van der Waals surface area contributed by atoms with Crippen molar-refractivity contribution in [2.24, 2.45) is 5.73 Å². The summed E-state index contributed by atoms with van der Waals surface area (Å²) in [4.78, 5) is 11.1. The number of aromatic hydroxyl groups is 1. The van der Waals surface area contributed by atoms with Crippen molar-refractivity contribution >= 4 is 11.6 Å². The molecule has 0 aliphatic heterocycles. The molecule has 2 rings (SSSR count). The molecule has 0 fully saturated rings. The predicted octanol–water partition coefficient (Wildman–Crippen LogP) is 2.55. The van der Waals surface area contributed by atoms with E-state index in [4.69, 9.17) is 5.73 Å². The summed E-state index contributed by atoms with van der Waals surface area (Å²) in [7, 11) is 0. The quantitative estimate of drug-likeness (QED) is 0.802. The molecule has 2 aromatic carbocycles. The molecule has 1 amide bonds. The largest absolute Gasteiger partial charge is 0.508 e. The molecule has 0 spiro atoms. The molecule has 0 unspecified atom stereocenters. The fraction of sp³-hybridized carbons (Fsp3) is 0.133. The molecule has 4 nitrogen and oxygen atoms in total. The Morgan fingerprint density at radius 3 is 2.70 bits per heavy atom. The SMILES string of the molecule is Cc1c(F)cc(C(N)=O)cc1NCc1ccccc1O. The summed E-state index contributed by atoms with van der Waals surface area (Å²) >= 11 is 0. The number of anilines is 1. The van der Waals surface area contributed by atoms with Gasteiger partial charge in [0.25, 0.3) is 0 Å². The number of primary amides is 1. The summed E-state index contributed by atoms with van der Waals surface area (Å²) in [5.41, 5.74) is 6.81. The van der Waals surface area contributed by atoms with Gasteiger partial charge < -0.3 is 16.2 Å². The Morgan fingerprint density at radius 1 is 1.35 bits per heavy atom. The smallest absolute Gasteiger partial charge is 0.248 e. The highest BCUT2D eigenvalue weighted by atomic mass is 19.1. The molecule has 104 valence electrons. The lowest BCUT2D eigenvalue weighted by molar-refractivity contribution is 0.1000. The van der Waals surface area contributed by atoms with Crippen LogP contribution in [0.3, 0.4) is 0 Å². The second kappa shape index (κ2) is 5.61. The minimum Gasteiger partial charge on any atom is -0.508 e. The van der Waals surface area contributed by atoms with Crippen LogP contribution in [0.5, 0.6) is 5.75 Å². The van der Waals surface area contributed by atoms with E-state index in [1.54, 1.807) is 31.2 Å². The Labute approximate surface area is 116 Å². The average molecular weight is 274 g/mol. The molecule has 0 aromatic heterocycles. The van der Waals surface area contributed by atoms with E-state index in [0.29, 0.717) is 23.4 Å². The maximum Gasteiger partial charge on any atom is 0.248 e. The molecule has 2 aromatic rings. The number of hydrogen-bond donors (Lipinski definition) is 3. The normalized spacial score (nSPS) is 10.3. The monoisotopic (exact) mass is 274 g/mol. The zero-order chi connectivity index (χ0) is 14.7. The number of phenolic OH excluding ortho intramolecular Hbond substituents is 1. The molecule has 20 heavy (non-hydrogen) atoms. The molecule has 0 saturated heterocycles. The summed E-state index contributed by atoms with van der Waals surface area (Å²) in [6.45, 7) is 1.92. The van der Waals surface area contributed by atoms with Crippen LogP contribution in [-0.2, 0) is 6.54 Å². The first-order chi connectivity index (χ1) is 9.49. The van der Waals surface area contributed by atoms with Crippen LogP contribution in [0, 0.1) is 12.7 Å². The van der Waals surface area contributed by atoms with Crippen LogP contribution < -0.4 is 11.1 Å². The lowest BCUT2D eigenvalue weighted by Crippen LogP contribution is -2.13. The number of nitrogens with one attached hydrogen (secondary N) is 1. The van der Waals surface area contributed by atoms with E-state index in [-0.39, 0.29) is 11.3 Å². The van der Waals surface area contributed by atoms with Crippen LogP contribution >= 0.6 is 0 Å². The Bertz CT molecular complexity index is 656.